The van der Waals surface area contributed by atoms with Gasteiger partial charge in [0.1, 0.15) is 0 Å². The van der Waals surface area contributed by atoms with Crippen molar-refractivity contribution in [1.29, 1.82) is 0 Å². The van der Waals surface area contributed by atoms with Crippen molar-refractivity contribution < 1.29 is 4.79 Å². The van der Waals surface area contributed by atoms with Gasteiger partial charge in [0.25, 0.3) is 5.91 Å². The van der Waals surface area contributed by atoms with Gasteiger partial charge >= 0.3 is 0 Å². The lowest BCUT2D eigenvalue weighted by molar-refractivity contribution is 0.0902. The summed E-state index contributed by atoms with van der Waals surface area (Å²) in [6.07, 6.45) is 4.18. The fourth-order valence-electron chi connectivity index (χ4n) is 3.31. The molecule has 1 aliphatic rings. The van der Waals surface area contributed by atoms with Gasteiger partial charge in [0.2, 0.25) is 0 Å². The topological polar surface area (TPSA) is 68.0 Å². The number of nitrogens with one attached hydrogen (secondary N) is 1. The first-order chi connectivity index (χ1) is 11.1. The van der Waals surface area contributed by atoms with Crippen molar-refractivity contribution >= 4 is 5.91 Å². The third-order valence-electron chi connectivity index (χ3n) is 4.73. The van der Waals surface area contributed by atoms with Crippen LogP contribution >= 0.6 is 0 Å². The second-order valence-electron chi connectivity index (χ2n) is 6.34. The Morgan fingerprint density at radius 3 is 2.48 bits per heavy atom. The molecular formula is C19H23N3O. The first-order valence-corrected chi connectivity index (χ1v) is 8.19. The van der Waals surface area contributed by atoms with Gasteiger partial charge in [-0.05, 0) is 31.9 Å². The van der Waals surface area contributed by atoms with Gasteiger partial charge in [0.15, 0.2) is 0 Å². The van der Waals surface area contributed by atoms with Crippen molar-refractivity contribution in [1.82, 2.24) is 10.3 Å². The smallest absolute Gasteiger partial charge is 0.253 e. The van der Waals surface area contributed by atoms with Gasteiger partial charge in [0, 0.05) is 12.1 Å². The molecule has 0 bridgehead atoms. The minimum atomic E-state index is -0.234. The fourth-order valence-corrected chi connectivity index (χ4v) is 3.31. The summed E-state index contributed by atoms with van der Waals surface area (Å²) in [5, 5.41) is 3.15. The molecule has 2 aromatic rings. The third-order valence-corrected chi connectivity index (χ3v) is 4.73. The predicted molar refractivity (Wildman–Crippen MR) is 92.1 cm³/mol. The van der Waals surface area contributed by atoms with Crippen molar-refractivity contribution in [2.45, 2.75) is 38.1 Å². The van der Waals surface area contributed by atoms with E-state index in [4.69, 9.17) is 5.73 Å². The minimum absolute atomic E-state index is 0.0676. The molecule has 1 heterocycles. The van der Waals surface area contributed by atoms with Crippen LogP contribution in [0.15, 0.2) is 42.5 Å². The van der Waals surface area contributed by atoms with Crippen molar-refractivity contribution in [2.75, 3.05) is 6.54 Å². The van der Waals surface area contributed by atoms with Crippen LogP contribution in [0.3, 0.4) is 0 Å². The number of aryl methyl sites for hydroxylation is 1. The normalized spacial score (nSPS) is 16.3. The summed E-state index contributed by atoms with van der Waals surface area (Å²) in [7, 11) is 0. The van der Waals surface area contributed by atoms with Gasteiger partial charge in [-0.25, -0.2) is 0 Å². The Morgan fingerprint density at radius 2 is 1.87 bits per heavy atom. The molecule has 1 amide bonds. The van der Waals surface area contributed by atoms with Crippen LogP contribution in [0.2, 0.25) is 0 Å². The zero-order valence-electron chi connectivity index (χ0n) is 13.5. The Labute approximate surface area is 137 Å². The fraction of sp³-hybridized carbons (Fsp3) is 0.368. The maximum atomic E-state index is 12.6. The van der Waals surface area contributed by atoms with Gasteiger partial charge in [-0.1, -0.05) is 43.2 Å². The van der Waals surface area contributed by atoms with E-state index < -0.39 is 0 Å². The predicted octanol–water partition coefficient (Wildman–Crippen LogP) is 3.06. The first kappa shape index (κ1) is 15.7. The summed E-state index contributed by atoms with van der Waals surface area (Å²) >= 11 is 0. The quantitative estimate of drug-likeness (QED) is 0.912. The second-order valence-corrected chi connectivity index (χ2v) is 6.34. The van der Waals surface area contributed by atoms with Gasteiger partial charge < -0.3 is 11.1 Å². The van der Waals surface area contributed by atoms with Crippen LogP contribution in [0.25, 0.3) is 11.3 Å². The molecule has 3 rings (SSSR count). The van der Waals surface area contributed by atoms with Crippen LogP contribution in [0, 0.1) is 6.92 Å². The maximum Gasteiger partial charge on any atom is 0.253 e. The Kier molecular flexibility index (Phi) is 4.44. The number of aromatic nitrogens is 1. The SMILES string of the molecule is Cc1nc(-c2ccccc2)ccc1C(=O)NC1(CN)CCCC1. The van der Waals surface area contributed by atoms with Crippen molar-refractivity contribution in [3.63, 3.8) is 0 Å². The number of pyridine rings is 1. The van der Waals surface area contributed by atoms with E-state index in [1.54, 1.807) is 0 Å². The molecule has 4 heteroatoms. The van der Waals surface area contributed by atoms with Crippen molar-refractivity contribution in [2.24, 2.45) is 5.73 Å². The molecule has 120 valence electrons. The van der Waals surface area contributed by atoms with E-state index in [9.17, 15) is 4.79 Å². The van der Waals surface area contributed by atoms with Crippen LogP contribution in [0.5, 0.6) is 0 Å². The minimum Gasteiger partial charge on any atom is -0.345 e. The molecule has 1 saturated carbocycles. The second kappa shape index (κ2) is 6.50. The molecular weight excluding hydrogens is 286 g/mol. The van der Waals surface area contributed by atoms with Crippen molar-refractivity contribution in [3.8, 4) is 11.3 Å². The highest BCUT2D eigenvalue weighted by Crippen LogP contribution is 2.29. The molecule has 0 saturated heterocycles. The Balaban J connectivity index is 1.82. The molecule has 3 N–H and O–H groups in total. The maximum absolute atomic E-state index is 12.6. The summed E-state index contributed by atoms with van der Waals surface area (Å²) in [6, 6.07) is 13.7. The number of hydrogen-bond acceptors (Lipinski definition) is 3. The molecule has 0 radical (unpaired) electrons. The zero-order chi connectivity index (χ0) is 16.3. The highest BCUT2D eigenvalue weighted by Gasteiger charge is 2.34. The molecule has 0 unspecified atom stereocenters. The number of carbonyl (C=O) groups excluding carboxylic acids is 1. The highest BCUT2D eigenvalue weighted by molar-refractivity contribution is 5.96. The first-order valence-electron chi connectivity index (χ1n) is 8.19. The Bertz CT molecular complexity index is 691. The molecule has 1 fully saturated rings. The number of hydrogen-bond donors (Lipinski definition) is 2. The molecule has 4 nitrogen and oxygen atoms in total. The number of rotatable bonds is 4. The molecule has 0 spiro atoms. The summed E-state index contributed by atoms with van der Waals surface area (Å²) in [6.45, 7) is 2.37. The number of nitrogens with zero attached hydrogens (tertiary/aromatic N) is 1. The summed E-state index contributed by atoms with van der Waals surface area (Å²) < 4.78 is 0. The number of carbonyl (C=O) groups is 1. The molecule has 1 aromatic carbocycles. The van der Waals surface area contributed by atoms with Crippen LogP contribution < -0.4 is 11.1 Å². The van der Waals surface area contributed by atoms with Crippen LogP contribution in [-0.2, 0) is 0 Å². The van der Waals surface area contributed by atoms with Crippen molar-refractivity contribution in [3.05, 3.63) is 53.7 Å². The van der Waals surface area contributed by atoms with Crippen LogP contribution in [0.4, 0.5) is 0 Å². The van der Waals surface area contributed by atoms with Gasteiger partial charge in [0.05, 0.1) is 22.5 Å². The number of amides is 1. The summed E-state index contributed by atoms with van der Waals surface area (Å²) in [4.78, 5) is 17.2. The van der Waals surface area contributed by atoms with E-state index in [1.807, 2.05) is 49.4 Å². The van der Waals surface area contributed by atoms with E-state index in [2.05, 4.69) is 10.3 Å². The average molecular weight is 309 g/mol. The molecule has 1 aromatic heterocycles. The Hall–Kier alpha value is -2.20. The Morgan fingerprint density at radius 1 is 1.17 bits per heavy atom. The van der Waals surface area contributed by atoms with E-state index in [1.165, 1.54) is 0 Å². The van der Waals surface area contributed by atoms with Gasteiger partial charge in [-0.15, -0.1) is 0 Å². The lowest BCUT2D eigenvalue weighted by atomic mass is 9.97. The largest absolute Gasteiger partial charge is 0.345 e. The van der Waals surface area contributed by atoms with Gasteiger partial charge in [-0.2, -0.15) is 0 Å². The number of nitrogens with two attached hydrogens (primary N) is 1. The third kappa shape index (κ3) is 3.27. The molecule has 0 atom stereocenters. The van der Waals surface area contributed by atoms with Crippen LogP contribution in [0.1, 0.15) is 41.7 Å². The van der Waals surface area contributed by atoms with E-state index >= 15 is 0 Å². The number of benzene rings is 1. The van der Waals surface area contributed by atoms with Crippen LogP contribution in [-0.4, -0.2) is 23.0 Å². The molecule has 0 aliphatic heterocycles. The molecule has 23 heavy (non-hydrogen) atoms. The monoisotopic (exact) mass is 309 g/mol. The lowest BCUT2D eigenvalue weighted by Gasteiger charge is -2.29. The van der Waals surface area contributed by atoms with Gasteiger partial charge in [-0.3, -0.25) is 9.78 Å². The van der Waals surface area contributed by atoms with E-state index in [0.717, 1.165) is 42.6 Å². The standard InChI is InChI=1S/C19H23N3O/c1-14-16(18(23)22-19(13-20)11-5-6-12-19)9-10-17(21-14)15-7-3-2-4-8-15/h2-4,7-10H,5-6,11-13,20H2,1H3,(H,22,23). The molecule has 1 aliphatic carbocycles. The average Bonchev–Trinajstić information content (AvgIpc) is 3.04. The zero-order valence-corrected chi connectivity index (χ0v) is 13.5. The van der Waals surface area contributed by atoms with E-state index in [-0.39, 0.29) is 11.4 Å². The lowest BCUT2D eigenvalue weighted by Crippen LogP contribution is -2.51. The summed E-state index contributed by atoms with van der Waals surface area (Å²) in [5.41, 5.74) is 8.98. The summed E-state index contributed by atoms with van der Waals surface area (Å²) in [5.74, 6) is -0.0676. The highest BCUT2D eigenvalue weighted by atomic mass is 16.1. The van der Waals surface area contributed by atoms with E-state index in [0.29, 0.717) is 12.1 Å².